The molecule has 2 heterocycles. The second-order valence-corrected chi connectivity index (χ2v) is 4.71. The highest BCUT2D eigenvalue weighted by atomic mass is 35.5. The fraction of sp³-hybridized carbons (Fsp3) is 0.0714. The molecule has 0 saturated carbocycles. The van der Waals surface area contributed by atoms with E-state index in [4.69, 9.17) is 11.6 Å². The number of pyridine rings is 1. The molecule has 0 aliphatic rings. The molecule has 0 fully saturated rings. The molecule has 0 aliphatic heterocycles. The van der Waals surface area contributed by atoms with Crippen molar-refractivity contribution in [1.29, 1.82) is 0 Å². The second kappa shape index (κ2) is 5.88. The van der Waals surface area contributed by atoms with Gasteiger partial charge in [-0.2, -0.15) is 5.10 Å². The quantitative estimate of drug-likeness (QED) is 0.805. The molecule has 3 aromatic rings. The fourth-order valence-corrected chi connectivity index (χ4v) is 2.07. The molecule has 106 valence electrons. The molecule has 0 saturated heterocycles. The largest absolute Gasteiger partial charge is 0.380 e. The van der Waals surface area contributed by atoms with Gasteiger partial charge >= 0.3 is 0 Å². The van der Waals surface area contributed by atoms with Crippen molar-refractivity contribution in [2.45, 2.75) is 6.54 Å². The molecular weight excluding hydrogens is 293 g/mol. The van der Waals surface area contributed by atoms with Crippen molar-refractivity contribution in [3.8, 4) is 5.82 Å². The van der Waals surface area contributed by atoms with Crippen LogP contribution in [-0.4, -0.2) is 19.7 Å². The molecule has 0 atom stereocenters. The lowest BCUT2D eigenvalue weighted by molar-refractivity contribution is 0.613. The van der Waals surface area contributed by atoms with Crippen LogP contribution in [0.15, 0.2) is 49.2 Å². The SMILES string of the molecule is Fc1cccc(Cl)c1CNc1ccc(-n2cncn2)nc1. The number of rotatable bonds is 4. The molecule has 2 aromatic heterocycles. The van der Waals surface area contributed by atoms with Gasteiger partial charge in [-0.25, -0.2) is 19.0 Å². The van der Waals surface area contributed by atoms with Crippen LogP contribution in [0.3, 0.4) is 0 Å². The topological polar surface area (TPSA) is 55.6 Å². The van der Waals surface area contributed by atoms with E-state index in [2.05, 4.69) is 20.4 Å². The minimum Gasteiger partial charge on any atom is -0.380 e. The summed E-state index contributed by atoms with van der Waals surface area (Å²) in [5.74, 6) is 0.323. The van der Waals surface area contributed by atoms with Crippen molar-refractivity contribution in [2.24, 2.45) is 0 Å². The minimum atomic E-state index is -0.331. The molecule has 1 aromatic carbocycles. The zero-order valence-electron chi connectivity index (χ0n) is 10.9. The highest BCUT2D eigenvalue weighted by Crippen LogP contribution is 2.20. The van der Waals surface area contributed by atoms with Gasteiger partial charge in [-0.1, -0.05) is 17.7 Å². The van der Waals surface area contributed by atoms with Crippen LogP contribution in [0.2, 0.25) is 5.02 Å². The van der Waals surface area contributed by atoms with Gasteiger partial charge in [0.05, 0.1) is 11.9 Å². The van der Waals surface area contributed by atoms with Gasteiger partial charge in [0.25, 0.3) is 0 Å². The Labute approximate surface area is 125 Å². The summed E-state index contributed by atoms with van der Waals surface area (Å²) in [5, 5.41) is 7.47. The van der Waals surface area contributed by atoms with Crippen LogP contribution in [0.25, 0.3) is 5.82 Å². The Morgan fingerprint density at radius 3 is 2.81 bits per heavy atom. The number of anilines is 1. The van der Waals surface area contributed by atoms with E-state index in [-0.39, 0.29) is 12.4 Å². The van der Waals surface area contributed by atoms with Crippen LogP contribution < -0.4 is 5.32 Å². The average molecular weight is 304 g/mol. The third-order valence-electron chi connectivity index (χ3n) is 2.93. The monoisotopic (exact) mass is 303 g/mol. The molecule has 5 nitrogen and oxygen atoms in total. The summed E-state index contributed by atoms with van der Waals surface area (Å²) in [6, 6.07) is 8.25. The lowest BCUT2D eigenvalue weighted by atomic mass is 10.2. The lowest BCUT2D eigenvalue weighted by Crippen LogP contribution is -2.04. The van der Waals surface area contributed by atoms with E-state index < -0.39 is 0 Å². The molecule has 0 unspecified atom stereocenters. The van der Waals surface area contributed by atoms with Crippen LogP contribution in [0.1, 0.15) is 5.56 Å². The van der Waals surface area contributed by atoms with Gasteiger partial charge in [-0.15, -0.1) is 0 Å². The zero-order valence-corrected chi connectivity index (χ0v) is 11.6. The third-order valence-corrected chi connectivity index (χ3v) is 3.29. The van der Waals surface area contributed by atoms with Crippen molar-refractivity contribution in [3.05, 3.63) is 65.6 Å². The normalized spacial score (nSPS) is 10.6. The van der Waals surface area contributed by atoms with Gasteiger partial charge in [0.1, 0.15) is 18.5 Å². The summed E-state index contributed by atoms with van der Waals surface area (Å²) in [5.41, 5.74) is 1.19. The van der Waals surface area contributed by atoms with Crippen molar-refractivity contribution in [3.63, 3.8) is 0 Å². The Kier molecular flexibility index (Phi) is 3.79. The van der Waals surface area contributed by atoms with Crippen LogP contribution in [0.4, 0.5) is 10.1 Å². The summed E-state index contributed by atoms with van der Waals surface area (Å²) in [4.78, 5) is 8.11. The summed E-state index contributed by atoms with van der Waals surface area (Å²) >= 11 is 5.97. The summed E-state index contributed by atoms with van der Waals surface area (Å²) in [7, 11) is 0. The van der Waals surface area contributed by atoms with Gasteiger partial charge in [0, 0.05) is 17.1 Å². The maximum atomic E-state index is 13.6. The lowest BCUT2D eigenvalue weighted by Gasteiger charge is -2.09. The van der Waals surface area contributed by atoms with Crippen LogP contribution in [0, 0.1) is 5.82 Å². The maximum Gasteiger partial charge on any atom is 0.155 e. The van der Waals surface area contributed by atoms with E-state index in [1.54, 1.807) is 35.4 Å². The molecule has 0 amide bonds. The smallest absolute Gasteiger partial charge is 0.155 e. The van der Waals surface area contributed by atoms with E-state index in [0.717, 1.165) is 5.69 Å². The number of nitrogens with one attached hydrogen (secondary N) is 1. The zero-order chi connectivity index (χ0) is 14.7. The molecule has 21 heavy (non-hydrogen) atoms. The molecular formula is C14H11ClFN5. The summed E-state index contributed by atoms with van der Waals surface area (Å²) < 4.78 is 15.2. The van der Waals surface area contributed by atoms with E-state index in [1.165, 1.54) is 12.4 Å². The first-order valence-electron chi connectivity index (χ1n) is 6.22. The Morgan fingerprint density at radius 2 is 2.14 bits per heavy atom. The molecule has 3 rings (SSSR count). The number of hydrogen-bond donors (Lipinski definition) is 1. The number of hydrogen-bond acceptors (Lipinski definition) is 4. The fourth-order valence-electron chi connectivity index (χ4n) is 1.84. The summed E-state index contributed by atoms with van der Waals surface area (Å²) in [6.07, 6.45) is 4.65. The van der Waals surface area contributed by atoms with Gasteiger partial charge in [-0.3, -0.25) is 0 Å². The number of aromatic nitrogens is 4. The average Bonchev–Trinajstić information content (AvgIpc) is 3.02. The van der Waals surface area contributed by atoms with Crippen LogP contribution in [-0.2, 0) is 6.54 Å². The first kappa shape index (κ1) is 13.5. The maximum absolute atomic E-state index is 13.6. The first-order chi connectivity index (χ1) is 10.2. The van der Waals surface area contributed by atoms with E-state index in [0.29, 0.717) is 16.4 Å². The standard InChI is InChI=1S/C14H11ClFN5/c15-12-2-1-3-13(16)11(12)7-18-10-4-5-14(19-6-10)21-9-17-8-20-21/h1-6,8-9,18H,7H2. The Balaban J connectivity index is 1.71. The number of benzene rings is 1. The van der Waals surface area contributed by atoms with Crippen molar-refractivity contribution < 1.29 is 4.39 Å². The number of halogens is 2. The van der Waals surface area contributed by atoms with Gasteiger partial charge in [0.2, 0.25) is 0 Å². The van der Waals surface area contributed by atoms with Gasteiger partial charge in [0.15, 0.2) is 5.82 Å². The van der Waals surface area contributed by atoms with E-state index in [1.807, 2.05) is 6.07 Å². The van der Waals surface area contributed by atoms with Crippen molar-refractivity contribution in [2.75, 3.05) is 5.32 Å². The van der Waals surface area contributed by atoms with Gasteiger partial charge < -0.3 is 5.32 Å². The predicted molar refractivity (Wildman–Crippen MR) is 77.9 cm³/mol. The third kappa shape index (κ3) is 3.00. The molecule has 0 spiro atoms. The van der Waals surface area contributed by atoms with E-state index in [9.17, 15) is 4.39 Å². The van der Waals surface area contributed by atoms with Crippen molar-refractivity contribution in [1.82, 2.24) is 19.7 Å². The second-order valence-electron chi connectivity index (χ2n) is 4.30. The van der Waals surface area contributed by atoms with Crippen LogP contribution >= 0.6 is 11.6 Å². The number of nitrogens with zero attached hydrogens (tertiary/aromatic N) is 4. The Bertz CT molecular complexity index is 707. The molecule has 1 N–H and O–H groups in total. The molecule has 0 bridgehead atoms. The molecule has 7 heteroatoms. The Morgan fingerprint density at radius 1 is 1.24 bits per heavy atom. The predicted octanol–water partition coefficient (Wildman–Crippen LogP) is 3.07. The molecule has 0 aliphatic carbocycles. The summed E-state index contributed by atoms with van der Waals surface area (Å²) in [6.45, 7) is 0.288. The van der Waals surface area contributed by atoms with Gasteiger partial charge in [-0.05, 0) is 24.3 Å². The van der Waals surface area contributed by atoms with Crippen LogP contribution in [0.5, 0.6) is 0 Å². The van der Waals surface area contributed by atoms with Crippen molar-refractivity contribution >= 4 is 17.3 Å². The first-order valence-corrected chi connectivity index (χ1v) is 6.59. The molecule has 0 radical (unpaired) electrons. The minimum absolute atomic E-state index is 0.288. The highest BCUT2D eigenvalue weighted by molar-refractivity contribution is 6.31. The van der Waals surface area contributed by atoms with E-state index >= 15 is 0 Å². The Hall–Kier alpha value is -2.47. The highest BCUT2D eigenvalue weighted by Gasteiger charge is 2.06.